The summed E-state index contributed by atoms with van der Waals surface area (Å²) >= 11 is 5.69. The van der Waals surface area contributed by atoms with Crippen molar-refractivity contribution in [3.8, 4) is 0 Å². The van der Waals surface area contributed by atoms with Crippen LogP contribution in [0.15, 0.2) is 35.2 Å². The molecule has 1 aromatic heterocycles. The topological polar surface area (TPSA) is 47.0 Å². The normalized spacial score (nSPS) is 11.9. The van der Waals surface area contributed by atoms with E-state index >= 15 is 0 Å². The first-order valence-electron chi connectivity index (χ1n) is 3.98. The molecule has 6 heteroatoms. The van der Waals surface area contributed by atoms with Gasteiger partial charge in [-0.1, -0.05) is 17.7 Å². The summed E-state index contributed by atoms with van der Waals surface area (Å²) in [5, 5.41) is 1.12. The van der Waals surface area contributed by atoms with Crippen LogP contribution in [0.3, 0.4) is 0 Å². The first-order valence-corrected chi connectivity index (χ1v) is 6.66. The van der Waals surface area contributed by atoms with Crippen LogP contribution in [0.25, 0.3) is 10.9 Å². The zero-order valence-electron chi connectivity index (χ0n) is 7.31. The predicted octanol–water partition coefficient (Wildman–Crippen LogP) is 2.82. The van der Waals surface area contributed by atoms with Gasteiger partial charge in [-0.3, -0.25) is 0 Å². The second-order valence-corrected chi connectivity index (χ2v) is 5.88. The molecule has 3 nitrogen and oxygen atoms in total. The van der Waals surface area contributed by atoms with Gasteiger partial charge in [0.15, 0.2) is 0 Å². The zero-order valence-corrected chi connectivity index (χ0v) is 9.64. The van der Waals surface area contributed by atoms with Crippen molar-refractivity contribution in [2.45, 2.75) is 4.90 Å². The Morgan fingerprint density at radius 2 is 1.80 bits per heavy atom. The summed E-state index contributed by atoms with van der Waals surface area (Å²) in [5.41, 5.74) is 0.504. The van der Waals surface area contributed by atoms with Gasteiger partial charge < -0.3 is 0 Å². The molecule has 78 valence electrons. The van der Waals surface area contributed by atoms with Gasteiger partial charge in [-0.2, -0.15) is 0 Å². The average Bonchev–Trinajstić information content (AvgIpc) is 2.15. The van der Waals surface area contributed by atoms with E-state index in [1.165, 1.54) is 12.1 Å². The quantitative estimate of drug-likeness (QED) is 0.586. The van der Waals surface area contributed by atoms with E-state index in [-0.39, 0.29) is 4.90 Å². The van der Waals surface area contributed by atoms with E-state index in [2.05, 4.69) is 4.98 Å². The Morgan fingerprint density at radius 1 is 1.13 bits per heavy atom. The highest BCUT2D eigenvalue weighted by Gasteiger charge is 2.10. The summed E-state index contributed by atoms with van der Waals surface area (Å²) in [6, 6.07) is 7.85. The highest BCUT2D eigenvalue weighted by Crippen LogP contribution is 2.21. The van der Waals surface area contributed by atoms with E-state index in [0.29, 0.717) is 10.7 Å². The molecule has 0 amide bonds. The lowest BCUT2D eigenvalue weighted by atomic mass is 10.2. The Bertz CT molecular complexity index is 625. The smallest absolute Gasteiger partial charge is 0.236 e. The molecule has 0 aliphatic heterocycles. The van der Waals surface area contributed by atoms with Crippen molar-refractivity contribution in [3.63, 3.8) is 0 Å². The van der Waals surface area contributed by atoms with Gasteiger partial charge >= 0.3 is 0 Å². The molecule has 1 heterocycles. The predicted molar refractivity (Wildman–Crippen MR) is 59.8 cm³/mol. The van der Waals surface area contributed by atoms with E-state index in [9.17, 15) is 8.42 Å². The summed E-state index contributed by atoms with van der Waals surface area (Å²) in [7, 11) is 1.49. The number of hydrogen-bond donors (Lipinski definition) is 0. The third-order valence-corrected chi connectivity index (χ3v) is 3.47. The van der Waals surface area contributed by atoms with Gasteiger partial charge in [0.05, 0.1) is 10.4 Å². The lowest BCUT2D eigenvalue weighted by Crippen LogP contribution is -1.91. The van der Waals surface area contributed by atoms with Crippen LogP contribution in [0.5, 0.6) is 0 Å². The number of fused-ring (bicyclic) bond motifs is 1. The second-order valence-electron chi connectivity index (χ2n) is 2.93. The van der Waals surface area contributed by atoms with Crippen molar-refractivity contribution in [3.05, 3.63) is 35.5 Å². The van der Waals surface area contributed by atoms with Crippen LogP contribution in [0.2, 0.25) is 5.15 Å². The number of rotatable bonds is 1. The minimum absolute atomic E-state index is 0.0198. The Labute approximate surface area is 96.1 Å². The average molecular weight is 262 g/mol. The molecule has 0 unspecified atom stereocenters. The Kier molecular flexibility index (Phi) is 2.58. The molecule has 0 fully saturated rings. The summed E-state index contributed by atoms with van der Waals surface area (Å²) < 4.78 is 22.1. The first-order chi connectivity index (χ1) is 6.97. The molecule has 0 N–H and O–H groups in total. The van der Waals surface area contributed by atoms with Crippen molar-refractivity contribution in [1.29, 1.82) is 0 Å². The maximum atomic E-state index is 11.1. The highest BCUT2D eigenvalue weighted by atomic mass is 35.7. The fourth-order valence-corrected chi connectivity index (χ4v) is 2.15. The minimum atomic E-state index is -3.72. The molecule has 0 aliphatic carbocycles. The number of nitrogens with zero attached hydrogens (tertiary/aromatic N) is 1. The summed E-state index contributed by atoms with van der Waals surface area (Å²) in [5.74, 6) is 0. The standard InChI is InChI=1S/C9H5Cl2NO2S/c10-9-4-2-6-1-3-7(15(11,13)14)5-8(6)12-9/h1-5H. The van der Waals surface area contributed by atoms with E-state index in [4.69, 9.17) is 22.3 Å². The Balaban J connectivity index is 2.75. The third kappa shape index (κ3) is 2.22. The number of aromatic nitrogens is 1. The highest BCUT2D eigenvalue weighted by molar-refractivity contribution is 8.13. The molecule has 0 atom stereocenters. The van der Waals surface area contributed by atoms with Gasteiger partial charge in [0.1, 0.15) is 5.15 Å². The van der Waals surface area contributed by atoms with Crippen LogP contribution < -0.4 is 0 Å². The van der Waals surface area contributed by atoms with Gasteiger partial charge in [0.2, 0.25) is 0 Å². The molecular formula is C9H5Cl2NO2S. The van der Waals surface area contributed by atoms with Crippen LogP contribution in [0.4, 0.5) is 0 Å². The van der Waals surface area contributed by atoms with E-state index < -0.39 is 9.05 Å². The molecule has 0 radical (unpaired) electrons. The summed E-state index contributed by atoms with van der Waals surface area (Å²) in [6.45, 7) is 0. The van der Waals surface area contributed by atoms with Crippen LogP contribution in [-0.2, 0) is 9.05 Å². The Morgan fingerprint density at radius 3 is 2.47 bits per heavy atom. The number of pyridine rings is 1. The molecule has 0 bridgehead atoms. The molecule has 15 heavy (non-hydrogen) atoms. The van der Waals surface area contributed by atoms with Crippen molar-refractivity contribution in [2.75, 3.05) is 0 Å². The van der Waals surface area contributed by atoms with Crippen molar-refractivity contribution in [2.24, 2.45) is 0 Å². The van der Waals surface area contributed by atoms with Crippen molar-refractivity contribution < 1.29 is 8.42 Å². The van der Waals surface area contributed by atoms with Gasteiger partial charge in [-0.15, -0.1) is 0 Å². The second kappa shape index (κ2) is 3.63. The summed E-state index contributed by atoms with van der Waals surface area (Å²) in [4.78, 5) is 4.01. The van der Waals surface area contributed by atoms with Gasteiger partial charge in [0, 0.05) is 16.1 Å². The third-order valence-electron chi connectivity index (χ3n) is 1.91. The molecule has 1 aromatic carbocycles. The van der Waals surface area contributed by atoms with E-state index in [1.54, 1.807) is 18.2 Å². The lowest BCUT2D eigenvalue weighted by molar-refractivity contribution is 0.609. The Hall–Kier alpha value is -0.840. The molecule has 0 saturated heterocycles. The fourth-order valence-electron chi connectivity index (χ4n) is 1.22. The maximum absolute atomic E-state index is 11.1. The lowest BCUT2D eigenvalue weighted by Gasteiger charge is -2.00. The minimum Gasteiger partial charge on any atom is -0.236 e. The number of halogens is 2. The van der Waals surface area contributed by atoms with Gasteiger partial charge in [-0.25, -0.2) is 13.4 Å². The van der Waals surface area contributed by atoms with Crippen molar-refractivity contribution >= 4 is 42.2 Å². The van der Waals surface area contributed by atoms with E-state index in [0.717, 1.165) is 5.39 Å². The van der Waals surface area contributed by atoms with Crippen molar-refractivity contribution in [1.82, 2.24) is 4.98 Å². The monoisotopic (exact) mass is 261 g/mol. The summed E-state index contributed by atoms with van der Waals surface area (Å²) in [6.07, 6.45) is 0. The molecule has 0 aliphatic rings. The van der Waals surface area contributed by atoms with E-state index in [1.807, 2.05) is 0 Å². The molecule has 0 spiro atoms. The first kappa shape index (κ1) is 10.7. The SMILES string of the molecule is O=S(=O)(Cl)c1ccc2ccc(Cl)nc2c1. The number of benzene rings is 1. The van der Waals surface area contributed by atoms with Crippen LogP contribution >= 0.6 is 22.3 Å². The van der Waals surface area contributed by atoms with Crippen LogP contribution in [0.1, 0.15) is 0 Å². The molecular weight excluding hydrogens is 257 g/mol. The number of hydrogen-bond acceptors (Lipinski definition) is 3. The fraction of sp³-hybridized carbons (Fsp3) is 0. The molecule has 2 aromatic rings. The van der Waals surface area contributed by atoms with Gasteiger partial charge in [0.25, 0.3) is 9.05 Å². The largest absolute Gasteiger partial charge is 0.261 e. The van der Waals surface area contributed by atoms with Gasteiger partial charge in [-0.05, 0) is 24.3 Å². The molecule has 0 saturated carbocycles. The zero-order chi connectivity index (χ0) is 11.1. The van der Waals surface area contributed by atoms with Crippen LogP contribution in [-0.4, -0.2) is 13.4 Å². The van der Waals surface area contributed by atoms with Crippen LogP contribution in [0, 0.1) is 0 Å². The maximum Gasteiger partial charge on any atom is 0.261 e. The molecule has 2 rings (SSSR count).